The van der Waals surface area contributed by atoms with E-state index in [0.717, 1.165) is 6.08 Å². The van der Waals surface area contributed by atoms with Crippen LogP contribution in [0.15, 0.2) is 12.7 Å². The number of hydrogen-bond donors (Lipinski definition) is 0. The summed E-state index contributed by atoms with van der Waals surface area (Å²) in [4.78, 5) is 0. The quantitative estimate of drug-likeness (QED) is 0.154. The highest BCUT2D eigenvalue weighted by Gasteiger charge is 2.84. The Kier molecular flexibility index (Phi) is 7.76. The van der Waals surface area contributed by atoms with Gasteiger partial charge < -0.3 is 0 Å². The minimum Gasteiger partial charge on any atom is -0.244 e. The molecule has 0 unspecified atom stereocenters. The number of hydrogen-bond acceptors (Lipinski definition) is 3. The van der Waals surface area contributed by atoms with Gasteiger partial charge in [0, 0.05) is 6.42 Å². The molecule has 0 heterocycles. The fourth-order valence-corrected chi connectivity index (χ4v) is 1.96. The Morgan fingerprint density at radius 3 is 1.59 bits per heavy atom. The number of ether oxygens (including phenoxy) is 1. The summed E-state index contributed by atoms with van der Waals surface area (Å²) >= 11 is 0. The summed E-state index contributed by atoms with van der Waals surface area (Å²) in [5.41, 5.74) is 0. The Bertz CT molecular complexity index is 687. The van der Waals surface area contributed by atoms with E-state index in [2.05, 4.69) is 6.58 Å². The molecule has 174 valence electrons. The van der Waals surface area contributed by atoms with Crippen molar-refractivity contribution in [1.29, 1.82) is 0 Å². The Morgan fingerprint density at radius 2 is 1.21 bits per heavy atom. The van der Waals surface area contributed by atoms with Crippen LogP contribution in [0.2, 0.25) is 0 Å². The lowest BCUT2D eigenvalue weighted by molar-refractivity contribution is -0.488. The van der Waals surface area contributed by atoms with Crippen molar-refractivity contribution < 1.29 is 69.7 Å². The van der Waals surface area contributed by atoms with E-state index in [4.69, 9.17) is 0 Å². The van der Waals surface area contributed by atoms with Gasteiger partial charge in [-0.05, 0) is 19.3 Å². The van der Waals surface area contributed by atoms with Crippen molar-refractivity contribution in [2.45, 2.75) is 60.9 Å². The molecule has 0 amide bonds. The Morgan fingerprint density at radius 1 is 0.759 bits per heavy atom. The third kappa shape index (κ3) is 5.08. The minimum absolute atomic E-state index is 0.0731. The van der Waals surface area contributed by atoms with Crippen LogP contribution >= 0.6 is 0 Å². The van der Waals surface area contributed by atoms with Crippen LogP contribution in [0.4, 0.5) is 56.6 Å². The van der Waals surface area contributed by atoms with E-state index in [-0.39, 0.29) is 12.8 Å². The Balaban J connectivity index is 5.92. The van der Waals surface area contributed by atoms with Crippen molar-refractivity contribution in [3.05, 3.63) is 12.7 Å². The molecule has 0 aromatic heterocycles. The molecule has 0 aliphatic rings. The largest absolute Gasteiger partial charge is 0.464 e. The highest BCUT2D eigenvalue weighted by Crippen LogP contribution is 2.56. The molecule has 29 heavy (non-hydrogen) atoms. The van der Waals surface area contributed by atoms with Crippen molar-refractivity contribution in [3.63, 3.8) is 0 Å². The highest BCUT2D eigenvalue weighted by molar-refractivity contribution is 7.87. The predicted molar refractivity (Wildman–Crippen MR) is 69.5 cm³/mol. The maximum atomic E-state index is 13.4. The normalized spacial score (nSPS) is 15.5. The van der Waals surface area contributed by atoms with Crippen LogP contribution in [-0.2, 0) is 15.0 Å². The summed E-state index contributed by atoms with van der Waals surface area (Å²) in [6.07, 6.45) is -17.3. The molecular formula is C12H11F13O3S. The van der Waals surface area contributed by atoms with Crippen LogP contribution < -0.4 is 0 Å². The van der Waals surface area contributed by atoms with E-state index in [1.807, 2.05) is 0 Å². The zero-order valence-corrected chi connectivity index (χ0v) is 14.5. The van der Waals surface area contributed by atoms with Gasteiger partial charge in [0.25, 0.3) is 0 Å². The lowest BCUT2D eigenvalue weighted by Crippen LogP contribution is -2.65. The van der Waals surface area contributed by atoms with E-state index < -0.39 is 58.3 Å². The third-order valence-electron chi connectivity index (χ3n) is 3.27. The molecule has 0 aliphatic heterocycles. The molecule has 0 saturated heterocycles. The molecule has 0 bridgehead atoms. The van der Waals surface area contributed by atoms with E-state index in [9.17, 15) is 65.0 Å². The SMILES string of the molecule is C=CCCCCC(F)(F)C(F)(F)C(F)(F)C(F)(F)OC(F)(F)C(F)(F)S(=O)(=O)F. The standard InChI is InChI=1S/C12H11F13O3S/c1-2-3-4-5-6-7(13,14)8(15,16)9(17,18)10(19,20)28-11(21,22)12(23,24)29(25,26)27/h2H,1,3-6H2. The molecule has 17 heteroatoms. The second-order valence-electron chi connectivity index (χ2n) is 5.48. The monoisotopic (exact) mass is 482 g/mol. The molecule has 0 radical (unpaired) electrons. The van der Waals surface area contributed by atoms with Crippen LogP contribution in [0.25, 0.3) is 0 Å². The first-order chi connectivity index (χ1) is 12.5. The highest BCUT2D eigenvalue weighted by atomic mass is 32.3. The second kappa shape index (κ2) is 8.11. The van der Waals surface area contributed by atoms with Gasteiger partial charge in [-0.3, -0.25) is 0 Å². The first kappa shape index (κ1) is 27.7. The van der Waals surface area contributed by atoms with Crippen molar-refractivity contribution in [2.75, 3.05) is 0 Å². The predicted octanol–water partition coefficient (Wildman–Crippen LogP) is 5.73. The topological polar surface area (TPSA) is 43.4 Å². The Hall–Kier alpha value is -1.26. The maximum absolute atomic E-state index is 13.4. The van der Waals surface area contributed by atoms with Crippen molar-refractivity contribution in [1.82, 2.24) is 0 Å². The van der Waals surface area contributed by atoms with Gasteiger partial charge in [0.1, 0.15) is 0 Å². The third-order valence-corrected chi connectivity index (χ3v) is 4.12. The maximum Gasteiger partial charge on any atom is 0.464 e. The van der Waals surface area contributed by atoms with Crippen molar-refractivity contribution in [3.8, 4) is 0 Å². The summed E-state index contributed by atoms with van der Waals surface area (Å²) in [5.74, 6) is -20.7. The van der Waals surface area contributed by atoms with Crippen molar-refractivity contribution in [2.24, 2.45) is 0 Å². The molecule has 0 aromatic rings. The minimum atomic E-state index is -7.79. The van der Waals surface area contributed by atoms with Gasteiger partial charge in [-0.25, -0.2) is 4.74 Å². The summed E-state index contributed by atoms with van der Waals surface area (Å²) < 4.78 is 191. The summed E-state index contributed by atoms with van der Waals surface area (Å²) in [7, 11) is -7.79. The van der Waals surface area contributed by atoms with Crippen LogP contribution in [0, 0.1) is 0 Å². The first-order valence-electron chi connectivity index (χ1n) is 7.04. The smallest absolute Gasteiger partial charge is 0.244 e. The van der Waals surface area contributed by atoms with E-state index in [0.29, 0.717) is 0 Å². The van der Waals surface area contributed by atoms with Gasteiger partial charge in [-0.1, -0.05) is 9.96 Å². The average Bonchev–Trinajstić information content (AvgIpc) is 2.48. The molecule has 0 aromatic carbocycles. The molecule has 3 nitrogen and oxygen atoms in total. The van der Waals surface area contributed by atoms with Crippen LogP contribution in [0.1, 0.15) is 25.7 Å². The number of allylic oxidation sites excluding steroid dienone is 1. The number of unbranched alkanes of at least 4 members (excludes halogenated alkanes) is 2. The van der Waals surface area contributed by atoms with Gasteiger partial charge >= 0.3 is 45.5 Å². The van der Waals surface area contributed by atoms with Gasteiger partial charge in [-0.15, -0.1) is 6.58 Å². The lowest BCUT2D eigenvalue weighted by Gasteiger charge is -2.37. The molecule has 0 N–H and O–H groups in total. The molecular weight excluding hydrogens is 471 g/mol. The summed E-state index contributed by atoms with van der Waals surface area (Å²) in [6, 6.07) is 0. The lowest BCUT2D eigenvalue weighted by atomic mass is 9.98. The molecule has 0 saturated carbocycles. The van der Waals surface area contributed by atoms with E-state index in [1.165, 1.54) is 4.74 Å². The molecule has 0 atom stereocenters. The molecule has 0 aliphatic carbocycles. The molecule has 0 fully saturated rings. The van der Waals surface area contributed by atoms with Crippen LogP contribution in [0.3, 0.4) is 0 Å². The number of halogens is 13. The fourth-order valence-electron chi connectivity index (χ4n) is 1.63. The van der Waals surface area contributed by atoms with Crippen LogP contribution in [0.5, 0.6) is 0 Å². The fraction of sp³-hybridized carbons (Fsp3) is 0.833. The van der Waals surface area contributed by atoms with Crippen LogP contribution in [-0.4, -0.2) is 43.7 Å². The van der Waals surface area contributed by atoms with E-state index >= 15 is 0 Å². The first-order valence-corrected chi connectivity index (χ1v) is 8.42. The number of rotatable bonds is 12. The van der Waals surface area contributed by atoms with E-state index in [1.54, 1.807) is 0 Å². The van der Waals surface area contributed by atoms with Gasteiger partial charge in [0.15, 0.2) is 0 Å². The average molecular weight is 482 g/mol. The van der Waals surface area contributed by atoms with Crippen molar-refractivity contribution >= 4 is 10.2 Å². The zero-order chi connectivity index (χ0) is 23.7. The summed E-state index contributed by atoms with van der Waals surface area (Å²) in [6.45, 7) is 3.11. The molecule has 0 rings (SSSR count). The Labute approximate surface area is 154 Å². The van der Waals surface area contributed by atoms with Gasteiger partial charge in [0.2, 0.25) is 0 Å². The van der Waals surface area contributed by atoms with Gasteiger partial charge in [0.05, 0.1) is 0 Å². The number of alkyl halides is 12. The summed E-state index contributed by atoms with van der Waals surface area (Å²) in [5, 5.41) is -7.25. The second-order valence-corrected chi connectivity index (χ2v) is 6.87. The van der Waals surface area contributed by atoms with Gasteiger partial charge in [-0.2, -0.15) is 61.1 Å². The zero-order valence-electron chi connectivity index (χ0n) is 13.7. The molecule has 0 spiro atoms.